The lowest BCUT2D eigenvalue weighted by molar-refractivity contribution is 0.553. The Morgan fingerprint density at radius 2 is 1.86 bits per heavy atom. The Kier molecular flexibility index (Phi) is 4.54. The molecule has 0 aliphatic heterocycles. The van der Waals surface area contributed by atoms with Crippen molar-refractivity contribution in [1.29, 1.82) is 0 Å². The third kappa shape index (κ3) is 2.90. The summed E-state index contributed by atoms with van der Waals surface area (Å²) in [5.41, 5.74) is 9.46. The first-order chi connectivity index (χ1) is 10.8. The second-order valence-electron chi connectivity index (χ2n) is 5.72. The summed E-state index contributed by atoms with van der Waals surface area (Å²) in [6, 6.07) is 12.8. The molecule has 1 heterocycles. The number of hydrogen-bond acceptors (Lipinski definition) is 2. The summed E-state index contributed by atoms with van der Waals surface area (Å²) >= 11 is 0. The Balaban J connectivity index is 1.97. The van der Waals surface area contributed by atoms with Gasteiger partial charge in [-0.25, -0.2) is 0 Å². The van der Waals surface area contributed by atoms with Gasteiger partial charge in [0.05, 0.1) is 6.20 Å². The summed E-state index contributed by atoms with van der Waals surface area (Å²) in [6.45, 7) is 3.78. The van der Waals surface area contributed by atoms with Crippen LogP contribution in [0.2, 0.25) is 0 Å². The minimum absolute atomic E-state index is 0.567. The molecular weight excluding hydrogens is 270 g/mol. The van der Waals surface area contributed by atoms with Crippen LogP contribution in [0.4, 0.5) is 0 Å². The minimum atomic E-state index is 0.567. The van der Waals surface area contributed by atoms with Crippen LogP contribution in [0.25, 0.3) is 21.9 Å². The van der Waals surface area contributed by atoms with Gasteiger partial charge in [0.15, 0.2) is 0 Å². The van der Waals surface area contributed by atoms with Crippen molar-refractivity contribution in [1.82, 2.24) is 9.78 Å². The molecule has 0 aliphatic carbocycles. The monoisotopic (exact) mass is 293 g/mol. The summed E-state index contributed by atoms with van der Waals surface area (Å²) in [4.78, 5) is 0. The average Bonchev–Trinajstić information content (AvgIpc) is 3.02. The zero-order chi connectivity index (χ0) is 15.4. The second-order valence-corrected chi connectivity index (χ2v) is 5.72. The third-order valence-corrected chi connectivity index (χ3v) is 4.17. The molecule has 3 nitrogen and oxygen atoms in total. The summed E-state index contributed by atoms with van der Waals surface area (Å²) in [6.07, 6.45) is 7.79. The van der Waals surface area contributed by atoms with Crippen LogP contribution < -0.4 is 5.73 Å². The number of nitrogens with zero attached hydrogens (tertiary/aromatic N) is 2. The van der Waals surface area contributed by atoms with E-state index in [0.29, 0.717) is 6.54 Å². The molecule has 0 saturated carbocycles. The molecule has 3 heteroatoms. The number of benzene rings is 2. The van der Waals surface area contributed by atoms with E-state index in [4.69, 9.17) is 5.73 Å². The van der Waals surface area contributed by atoms with E-state index >= 15 is 0 Å². The molecule has 0 amide bonds. The van der Waals surface area contributed by atoms with Gasteiger partial charge >= 0.3 is 0 Å². The van der Waals surface area contributed by atoms with E-state index in [1.54, 1.807) is 0 Å². The SMILES string of the molecule is CCCCCn1cc(-c2ccc(CN)c3ccccc23)cn1. The smallest absolute Gasteiger partial charge is 0.0568 e. The lowest BCUT2D eigenvalue weighted by Gasteiger charge is -2.09. The summed E-state index contributed by atoms with van der Waals surface area (Å²) < 4.78 is 2.05. The number of unbranched alkanes of at least 4 members (excludes halogenated alkanes) is 2. The fourth-order valence-electron chi connectivity index (χ4n) is 2.94. The molecule has 0 radical (unpaired) electrons. The van der Waals surface area contributed by atoms with E-state index in [0.717, 1.165) is 6.54 Å². The molecular formula is C19H23N3. The number of nitrogens with two attached hydrogens (primary N) is 1. The van der Waals surface area contributed by atoms with Crippen LogP contribution in [0.15, 0.2) is 48.8 Å². The van der Waals surface area contributed by atoms with E-state index in [1.165, 1.54) is 46.7 Å². The standard InChI is InChI=1S/C19H23N3/c1-2-3-6-11-22-14-16(13-21-22)18-10-9-15(12-20)17-7-4-5-8-19(17)18/h4-5,7-10,13-14H,2-3,6,11-12,20H2,1H3. The molecule has 22 heavy (non-hydrogen) atoms. The lowest BCUT2D eigenvalue weighted by atomic mass is 9.97. The molecule has 0 aliphatic rings. The first-order valence-electron chi connectivity index (χ1n) is 8.07. The maximum atomic E-state index is 5.86. The first kappa shape index (κ1) is 14.8. The number of aryl methyl sites for hydroxylation is 1. The van der Waals surface area contributed by atoms with Gasteiger partial charge in [-0.2, -0.15) is 5.10 Å². The zero-order valence-electron chi connectivity index (χ0n) is 13.1. The highest BCUT2D eigenvalue weighted by Gasteiger charge is 2.08. The molecule has 2 N–H and O–H groups in total. The molecule has 0 fully saturated rings. The van der Waals surface area contributed by atoms with Crippen molar-refractivity contribution < 1.29 is 0 Å². The van der Waals surface area contributed by atoms with Crippen molar-refractivity contribution in [2.24, 2.45) is 5.73 Å². The van der Waals surface area contributed by atoms with E-state index in [2.05, 4.69) is 59.3 Å². The van der Waals surface area contributed by atoms with Gasteiger partial charge < -0.3 is 5.73 Å². The Hall–Kier alpha value is -2.13. The van der Waals surface area contributed by atoms with Crippen molar-refractivity contribution >= 4 is 10.8 Å². The number of aromatic nitrogens is 2. The Morgan fingerprint density at radius 1 is 1.05 bits per heavy atom. The first-order valence-corrected chi connectivity index (χ1v) is 8.07. The van der Waals surface area contributed by atoms with Gasteiger partial charge in [-0.3, -0.25) is 4.68 Å². The molecule has 2 aromatic carbocycles. The lowest BCUT2D eigenvalue weighted by Crippen LogP contribution is -1.98. The van der Waals surface area contributed by atoms with E-state index < -0.39 is 0 Å². The van der Waals surface area contributed by atoms with Crippen LogP contribution in [0.3, 0.4) is 0 Å². The highest BCUT2D eigenvalue weighted by Crippen LogP contribution is 2.30. The van der Waals surface area contributed by atoms with Gasteiger partial charge in [-0.05, 0) is 28.3 Å². The predicted molar refractivity (Wildman–Crippen MR) is 92.6 cm³/mol. The van der Waals surface area contributed by atoms with Crippen molar-refractivity contribution in [2.75, 3.05) is 0 Å². The van der Waals surface area contributed by atoms with Crippen molar-refractivity contribution in [2.45, 2.75) is 39.3 Å². The predicted octanol–water partition coefficient (Wildman–Crippen LogP) is 4.35. The Labute approximate surface area is 131 Å². The molecule has 0 saturated heterocycles. The fourth-order valence-corrected chi connectivity index (χ4v) is 2.94. The topological polar surface area (TPSA) is 43.8 Å². The molecule has 3 rings (SSSR count). The molecule has 1 aromatic heterocycles. The third-order valence-electron chi connectivity index (χ3n) is 4.17. The van der Waals surface area contributed by atoms with Crippen molar-refractivity contribution in [3.8, 4) is 11.1 Å². The summed E-state index contributed by atoms with van der Waals surface area (Å²) in [5.74, 6) is 0. The Bertz CT molecular complexity index is 758. The van der Waals surface area contributed by atoms with Crippen LogP contribution in [0.5, 0.6) is 0 Å². The highest BCUT2D eigenvalue weighted by atomic mass is 15.3. The Morgan fingerprint density at radius 3 is 2.64 bits per heavy atom. The average molecular weight is 293 g/mol. The van der Waals surface area contributed by atoms with Gasteiger partial charge in [0, 0.05) is 24.8 Å². The van der Waals surface area contributed by atoms with Crippen molar-refractivity contribution in [3.05, 3.63) is 54.4 Å². The largest absolute Gasteiger partial charge is 0.326 e. The second kappa shape index (κ2) is 6.75. The molecule has 0 spiro atoms. The van der Waals surface area contributed by atoms with Crippen molar-refractivity contribution in [3.63, 3.8) is 0 Å². The summed E-state index contributed by atoms with van der Waals surface area (Å²) in [5, 5.41) is 6.99. The highest BCUT2D eigenvalue weighted by molar-refractivity contribution is 5.98. The maximum Gasteiger partial charge on any atom is 0.0568 e. The van der Waals surface area contributed by atoms with Crippen LogP contribution >= 0.6 is 0 Å². The van der Waals surface area contributed by atoms with Crippen LogP contribution in [0.1, 0.15) is 31.7 Å². The molecule has 114 valence electrons. The van der Waals surface area contributed by atoms with Gasteiger partial charge in [0.25, 0.3) is 0 Å². The van der Waals surface area contributed by atoms with Gasteiger partial charge in [-0.15, -0.1) is 0 Å². The molecule has 0 unspecified atom stereocenters. The van der Waals surface area contributed by atoms with Crippen LogP contribution in [-0.4, -0.2) is 9.78 Å². The number of hydrogen-bond donors (Lipinski definition) is 1. The van der Waals surface area contributed by atoms with E-state index in [-0.39, 0.29) is 0 Å². The quantitative estimate of drug-likeness (QED) is 0.687. The fraction of sp³-hybridized carbons (Fsp3) is 0.316. The van der Waals surface area contributed by atoms with Gasteiger partial charge in [0.2, 0.25) is 0 Å². The minimum Gasteiger partial charge on any atom is -0.326 e. The molecule has 0 bridgehead atoms. The van der Waals surface area contributed by atoms with Crippen LogP contribution in [0, 0.1) is 0 Å². The normalized spacial score (nSPS) is 11.2. The molecule has 3 aromatic rings. The van der Waals surface area contributed by atoms with Gasteiger partial charge in [0.1, 0.15) is 0 Å². The number of rotatable bonds is 6. The van der Waals surface area contributed by atoms with Crippen LogP contribution in [-0.2, 0) is 13.1 Å². The van der Waals surface area contributed by atoms with E-state index in [9.17, 15) is 0 Å². The number of fused-ring (bicyclic) bond motifs is 1. The maximum absolute atomic E-state index is 5.86. The molecule has 0 atom stereocenters. The summed E-state index contributed by atoms with van der Waals surface area (Å²) in [7, 11) is 0. The zero-order valence-corrected chi connectivity index (χ0v) is 13.1. The van der Waals surface area contributed by atoms with E-state index in [1.807, 2.05) is 6.20 Å². The van der Waals surface area contributed by atoms with Gasteiger partial charge in [-0.1, -0.05) is 56.2 Å².